The van der Waals surface area contributed by atoms with E-state index in [2.05, 4.69) is 23.2 Å². The quantitative estimate of drug-likeness (QED) is 0.503. The molecule has 1 heterocycles. The zero-order chi connectivity index (χ0) is 18.0. The predicted octanol–water partition coefficient (Wildman–Crippen LogP) is 4.46. The smallest absolute Gasteiger partial charge is 0.191 e. The van der Waals surface area contributed by atoms with E-state index in [0.29, 0.717) is 0 Å². The van der Waals surface area contributed by atoms with Gasteiger partial charge in [-0.1, -0.05) is 65.9 Å². The van der Waals surface area contributed by atoms with E-state index in [4.69, 9.17) is 0 Å². The summed E-state index contributed by atoms with van der Waals surface area (Å²) in [6, 6.07) is 15.8. The van der Waals surface area contributed by atoms with Crippen LogP contribution in [-0.4, -0.2) is 25.8 Å². The first-order chi connectivity index (χ1) is 12.0. The molecule has 3 rings (SSSR count). The normalized spacial score (nSPS) is 12.2. The first-order valence-corrected chi connectivity index (χ1v) is 9.08. The number of benzene rings is 2. The number of thioether (sulfide) groups is 1. The number of carbonyl (C=O) groups excluding carboxylic acids is 1. The van der Waals surface area contributed by atoms with Crippen LogP contribution in [0.4, 0.5) is 0 Å². The average molecular weight is 351 g/mol. The Hall–Kier alpha value is -2.40. The molecule has 0 saturated heterocycles. The Labute approximate surface area is 152 Å². The van der Waals surface area contributed by atoms with Crippen LogP contribution in [0.1, 0.15) is 28.4 Å². The van der Waals surface area contributed by atoms with E-state index in [1.807, 2.05) is 67.9 Å². The van der Waals surface area contributed by atoms with Crippen LogP contribution in [0.25, 0.3) is 11.4 Å². The van der Waals surface area contributed by atoms with Gasteiger partial charge in [0.1, 0.15) is 0 Å². The molecule has 0 bridgehead atoms. The highest BCUT2D eigenvalue weighted by Gasteiger charge is 2.20. The molecule has 0 aliphatic heterocycles. The Bertz CT molecular complexity index is 900. The maximum Gasteiger partial charge on any atom is 0.191 e. The molecule has 0 amide bonds. The number of hydrogen-bond acceptors (Lipinski definition) is 4. The highest BCUT2D eigenvalue weighted by atomic mass is 32.2. The van der Waals surface area contributed by atoms with Crippen molar-refractivity contribution in [3.8, 4) is 11.4 Å². The predicted molar refractivity (Wildman–Crippen MR) is 102 cm³/mol. The molecule has 0 N–H and O–H groups in total. The van der Waals surface area contributed by atoms with Crippen molar-refractivity contribution in [3.63, 3.8) is 0 Å². The SMILES string of the molecule is Cc1ccc(C(=O)[C@@H](C)Sc2nnc(-c3ccccc3C)n2C)cc1. The molecule has 3 aromatic rings. The molecule has 2 aromatic carbocycles. The van der Waals surface area contributed by atoms with Gasteiger partial charge in [-0.2, -0.15) is 0 Å². The van der Waals surface area contributed by atoms with E-state index in [1.165, 1.54) is 11.8 Å². The molecule has 0 fully saturated rings. The van der Waals surface area contributed by atoms with Crippen molar-refractivity contribution in [3.05, 3.63) is 65.2 Å². The van der Waals surface area contributed by atoms with Gasteiger partial charge in [-0.25, -0.2) is 0 Å². The fourth-order valence-corrected chi connectivity index (χ4v) is 3.53. The molecule has 5 heteroatoms. The summed E-state index contributed by atoms with van der Waals surface area (Å²) in [6.45, 7) is 5.98. The van der Waals surface area contributed by atoms with Crippen molar-refractivity contribution in [1.82, 2.24) is 14.8 Å². The first kappa shape index (κ1) is 17.4. The Morgan fingerprint density at radius 3 is 2.40 bits per heavy atom. The number of rotatable bonds is 5. The molecule has 0 aliphatic carbocycles. The van der Waals surface area contributed by atoms with Crippen LogP contribution < -0.4 is 0 Å². The van der Waals surface area contributed by atoms with Crippen LogP contribution >= 0.6 is 11.8 Å². The lowest BCUT2D eigenvalue weighted by atomic mass is 10.1. The Morgan fingerprint density at radius 1 is 1.04 bits per heavy atom. The summed E-state index contributed by atoms with van der Waals surface area (Å²) < 4.78 is 1.95. The maximum atomic E-state index is 12.6. The highest BCUT2D eigenvalue weighted by Crippen LogP contribution is 2.28. The summed E-state index contributed by atoms with van der Waals surface area (Å²) in [7, 11) is 1.94. The summed E-state index contributed by atoms with van der Waals surface area (Å²) in [5.74, 6) is 0.918. The Kier molecular flexibility index (Phi) is 5.04. The topological polar surface area (TPSA) is 47.8 Å². The zero-order valence-corrected chi connectivity index (χ0v) is 15.7. The van der Waals surface area contributed by atoms with Crippen LogP contribution in [0.2, 0.25) is 0 Å². The lowest BCUT2D eigenvalue weighted by Crippen LogP contribution is -2.14. The van der Waals surface area contributed by atoms with Crippen LogP contribution in [0.15, 0.2) is 53.7 Å². The minimum Gasteiger partial charge on any atom is -0.305 e. The van der Waals surface area contributed by atoms with E-state index in [-0.39, 0.29) is 11.0 Å². The number of ketones is 1. The molecule has 25 heavy (non-hydrogen) atoms. The number of Topliss-reactive ketones (excluding diaryl/α,β-unsaturated/α-hetero) is 1. The number of hydrogen-bond donors (Lipinski definition) is 0. The molecule has 0 aliphatic rings. The molecule has 1 atom stereocenters. The third-order valence-electron chi connectivity index (χ3n) is 4.21. The lowest BCUT2D eigenvalue weighted by Gasteiger charge is -2.11. The first-order valence-electron chi connectivity index (χ1n) is 8.20. The Balaban J connectivity index is 1.81. The second-order valence-corrected chi connectivity index (χ2v) is 7.48. The molecule has 0 saturated carbocycles. The van der Waals surface area contributed by atoms with E-state index in [0.717, 1.165) is 33.2 Å². The summed E-state index contributed by atoms with van der Waals surface area (Å²) >= 11 is 1.44. The minimum absolute atomic E-state index is 0.102. The molecule has 1 aromatic heterocycles. The van der Waals surface area contributed by atoms with E-state index in [1.54, 1.807) is 0 Å². The summed E-state index contributed by atoms with van der Waals surface area (Å²) in [4.78, 5) is 12.6. The van der Waals surface area contributed by atoms with Gasteiger partial charge in [0.05, 0.1) is 5.25 Å². The van der Waals surface area contributed by atoms with Gasteiger partial charge in [-0.05, 0) is 26.3 Å². The van der Waals surface area contributed by atoms with Crippen molar-refractivity contribution < 1.29 is 4.79 Å². The van der Waals surface area contributed by atoms with Crippen molar-refractivity contribution in [2.45, 2.75) is 31.2 Å². The number of nitrogens with zero attached hydrogens (tertiary/aromatic N) is 3. The summed E-state index contributed by atoms with van der Waals surface area (Å²) in [5, 5.41) is 9.13. The van der Waals surface area contributed by atoms with Gasteiger partial charge in [0.25, 0.3) is 0 Å². The average Bonchev–Trinajstić information content (AvgIpc) is 2.96. The molecule has 0 unspecified atom stereocenters. The van der Waals surface area contributed by atoms with Gasteiger partial charge in [-0.3, -0.25) is 4.79 Å². The van der Waals surface area contributed by atoms with Crippen molar-refractivity contribution >= 4 is 17.5 Å². The standard InChI is InChI=1S/C20H21N3OS/c1-13-9-11-16(12-10-13)18(24)15(3)25-20-22-21-19(23(20)4)17-8-6-5-7-14(17)2/h5-12,15H,1-4H3/t15-/m1/s1. The van der Waals surface area contributed by atoms with Crippen LogP contribution in [0.3, 0.4) is 0 Å². The van der Waals surface area contributed by atoms with Gasteiger partial charge in [0, 0.05) is 18.2 Å². The highest BCUT2D eigenvalue weighted by molar-refractivity contribution is 8.00. The minimum atomic E-state index is -0.227. The number of aromatic nitrogens is 3. The van der Waals surface area contributed by atoms with Gasteiger partial charge >= 0.3 is 0 Å². The van der Waals surface area contributed by atoms with Crippen LogP contribution in [0, 0.1) is 13.8 Å². The second kappa shape index (κ2) is 7.23. The third kappa shape index (κ3) is 3.66. The van der Waals surface area contributed by atoms with Gasteiger partial charge in [0.2, 0.25) is 0 Å². The fourth-order valence-electron chi connectivity index (χ4n) is 2.64. The van der Waals surface area contributed by atoms with E-state index < -0.39 is 0 Å². The Morgan fingerprint density at radius 2 is 1.72 bits per heavy atom. The van der Waals surface area contributed by atoms with Gasteiger partial charge < -0.3 is 4.57 Å². The van der Waals surface area contributed by atoms with E-state index in [9.17, 15) is 4.79 Å². The fraction of sp³-hybridized carbons (Fsp3) is 0.250. The van der Waals surface area contributed by atoms with Crippen molar-refractivity contribution in [2.24, 2.45) is 7.05 Å². The largest absolute Gasteiger partial charge is 0.305 e. The number of carbonyl (C=O) groups is 1. The lowest BCUT2D eigenvalue weighted by molar-refractivity contribution is 0.0994. The molecule has 128 valence electrons. The molecular weight excluding hydrogens is 330 g/mol. The van der Waals surface area contributed by atoms with Crippen LogP contribution in [0.5, 0.6) is 0 Å². The van der Waals surface area contributed by atoms with Gasteiger partial charge in [-0.15, -0.1) is 10.2 Å². The third-order valence-corrected chi connectivity index (χ3v) is 5.34. The maximum absolute atomic E-state index is 12.6. The zero-order valence-electron chi connectivity index (χ0n) is 14.9. The summed E-state index contributed by atoms with van der Waals surface area (Å²) in [6.07, 6.45) is 0. The monoisotopic (exact) mass is 351 g/mol. The second-order valence-electron chi connectivity index (χ2n) is 6.17. The van der Waals surface area contributed by atoms with Gasteiger partial charge in [0.15, 0.2) is 16.8 Å². The molecule has 4 nitrogen and oxygen atoms in total. The van der Waals surface area contributed by atoms with Crippen molar-refractivity contribution in [2.75, 3.05) is 0 Å². The summed E-state index contributed by atoms with van der Waals surface area (Å²) in [5.41, 5.74) is 4.08. The molecule has 0 radical (unpaired) electrons. The van der Waals surface area contributed by atoms with Crippen molar-refractivity contribution in [1.29, 1.82) is 0 Å². The molecule has 0 spiro atoms. The number of aryl methyl sites for hydroxylation is 2. The van der Waals surface area contributed by atoms with E-state index >= 15 is 0 Å². The van der Waals surface area contributed by atoms with Crippen LogP contribution in [-0.2, 0) is 7.05 Å². The molecular formula is C20H21N3OS.